The fourth-order valence-electron chi connectivity index (χ4n) is 2.54. The van der Waals surface area contributed by atoms with Crippen molar-refractivity contribution in [3.8, 4) is 0 Å². The number of carbonyl (C=O) groups excluding carboxylic acids is 1. The van der Waals surface area contributed by atoms with E-state index < -0.39 is 5.97 Å². The lowest BCUT2D eigenvalue weighted by Gasteiger charge is -2.37. The lowest BCUT2D eigenvalue weighted by Crippen LogP contribution is -2.51. The van der Waals surface area contributed by atoms with Crippen molar-refractivity contribution in [3.05, 3.63) is 35.9 Å². The first kappa shape index (κ1) is 16.3. The number of hydrogen-bond acceptors (Lipinski definition) is 4. The molecular weight excluding hydrogens is 284 g/mol. The molecular formula is C16H22N2O4. The van der Waals surface area contributed by atoms with Crippen molar-refractivity contribution in [1.29, 1.82) is 0 Å². The normalized spacial score (nSPS) is 17.0. The van der Waals surface area contributed by atoms with Crippen LogP contribution in [0.4, 0.5) is 4.79 Å². The molecule has 1 unspecified atom stereocenters. The highest BCUT2D eigenvalue weighted by Crippen LogP contribution is 2.11. The van der Waals surface area contributed by atoms with Crippen molar-refractivity contribution in [3.63, 3.8) is 0 Å². The van der Waals surface area contributed by atoms with E-state index in [-0.39, 0.29) is 25.2 Å². The molecule has 0 spiro atoms. The molecule has 6 heteroatoms. The molecule has 1 fully saturated rings. The summed E-state index contributed by atoms with van der Waals surface area (Å²) in [6.45, 7) is 4.66. The van der Waals surface area contributed by atoms with Crippen molar-refractivity contribution in [1.82, 2.24) is 9.80 Å². The molecule has 0 aliphatic carbocycles. The van der Waals surface area contributed by atoms with Gasteiger partial charge in [-0.25, -0.2) is 4.79 Å². The maximum Gasteiger partial charge on any atom is 0.410 e. The van der Waals surface area contributed by atoms with E-state index in [1.165, 1.54) is 0 Å². The van der Waals surface area contributed by atoms with Crippen LogP contribution in [-0.2, 0) is 16.1 Å². The molecule has 1 aliphatic rings. The third-order valence-corrected chi connectivity index (χ3v) is 3.87. The highest BCUT2D eigenvalue weighted by molar-refractivity contribution is 5.68. The second-order valence-electron chi connectivity index (χ2n) is 5.51. The third-order valence-electron chi connectivity index (χ3n) is 3.87. The number of rotatable bonds is 5. The monoisotopic (exact) mass is 306 g/mol. The Morgan fingerprint density at radius 3 is 2.41 bits per heavy atom. The van der Waals surface area contributed by atoms with Crippen molar-refractivity contribution < 1.29 is 19.4 Å². The van der Waals surface area contributed by atoms with Crippen LogP contribution in [0.2, 0.25) is 0 Å². The van der Waals surface area contributed by atoms with E-state index in [9.17, 15) is 9.59 Å². The summed E-state index contributed by atoms with van der Waals surface area (Å²) in [5.74, 6) is -0.794. The molecule has 1 saturated heterocycles. The van der Waals surface area contributed by atoms with Gasteiger partial charge < -0.3 is 14.7 Å². The van der Waals surface area contributed by atoms with Gasteiger partial charge in [-0.3, -0.25) is 9.69 Å². The van der Waals surface area contributed by atoms with Gasteiger partial charge >= 0.3 is 12.1 Å². The van der Waals surface area contributed by atoms with E-state index in [1.54, 1.807) is 4.90 Å². The topological polar surface area (TPSA) is 70.1 Å². The minimum absolute atomic E-state index is 0.0139. The Kier molecular flexibility index (Phi) is 5.77. The number of carboxylic acids is 1. The number of carbonyl (C=O) groups is 2. The molecule has 6 nitrogen and oxygen atoms in total. The van der Waals surface area contributed by atoms with Gasteiger partial charge in [-0.15, -0.1) is 0 Å². The predicted octanol–water partition coefficient (Wildman–Crippen LogP) is 1.80. The molecule has 1 aromatic rings. The minimum atomic E-state index is -0.794. The first-order chi connectivity index (χ1) is 10.6. The number of hydrogen-bond donors (Lipinski definition) is 1. The van der Waals surface area contributed by atoms with Crippen LogP contribution in [0.1, 0.15) is 18.9 Å². The molecule has 1 aliphatic heterocycles. The number of carboxylic acid groups (broad SMARTS) is 1. The second kappa shape index (κ2) is 7.79. The standard InChI is InChI=1S/C16H22N2O4/c1-13(11-15(19)20)17-7-9-18(10-8-17)16(21)22-12-14-5-3-2-4-6-14/h2-6,13H,7-12H2,1H3,(H,19,20). The summed E-state index contributed by atoms with van der Waals surface area (Å²) in [5, 5.41) is 8.82. The summed E-state index contributed by atoms with van der Waals surface area (Å²) < 4.78 is 5.30. The average Bonchev–Trinajstić information content (AvgIpc) is 2.53. The van der Waals surface area contributed by atoms with E-state index in [4.69, 9.17) is 9.84 Å². The molecule has 0 aromatic heterocycles. The first-order valence-corrected chi connectivity index (χ1v) is 7.47. The van der Waals surface area contributed by atoms with Crippen LogP contribution in [0.5, 0.6) is 0 Å². The Morgan fingerprint density at radius 1 is 1.18 bits per heavy atom. The summed E-state index contributed by atoms with van der Waals surface area (Å²) >= 11 is 0. The molecule has 1 aromatic carbocycles. The van der Waals surface area contributed by atoms with Crippen LogP contribution >= 0.6 is 0 Å². The Labute approximate surface area is 130 Å². The van der Waals surface area contributed by atoms with E-state index in [0.29, 0.717) is 26.2 Å². The largest absolute Gasteiger partial charge is 0.481 e. The van der Waals surface area contributed by atoms with Gasteiger partial charge in [0.25, 0.3) is 0 Å². The zero-order chi connectivity index (χ0) is 15.9. The molecule has 2 rings (SSSR count). The SMILES string of the molecule is CC(CC(=O)O)N1CCN(C(=O)OCc2ccccc2)CC1. The van der Waals surface area contributed by atoms with E-state index in [0.717, 1.165) is 5.56 Å². The molecule has 120 valence electrons. The van der Waals surface area contributed by atoms with Gasteiger partial charge in [-0.05, 0) is 12.5 Å². The van der Waals surface area contributed by atoms with Gasteiger partial charge in [0, 0.05) is 32.2 Å². The van der Waals surface area contributed by atoms with Gasteiger partial charge in [-0.1, -0.05) is 30.3 Å². The van der Waals surface area contributed by atoms with Crippen molar-refractivity contribution in [2.45, 2.75) is 26.0 Å². The van der Waals surface area contributed by atoms with Gasteiger partial charge in [0.05, 0.1) is 6.42 Å². The van der Waals surface area contributed by atoms with Crippen molar-refractivity contribution >= 4 is 12.1 Å². The predicted molar refractivity (Wildman–Crippen MR) is 81.5 cm³/mol. The van der Waals surface area contributed by atoms with Crippen LogP contribution in [0.15, 0.2) is 30.3 Å². The number of amides is 1. The molecule has 0 radical (unpaired) electrons. The molecule has 0 bridgehead atoms. The third kappa shape index (κ3) is 4.73. The number of ether oxygens (including phenoxy) is 1. The maximum atomic E-state index is 12.0. The van der Waals surface area contributed by atoms with Crippen LogP contribution in [0, 0.1) is 0 Å². The number of piperazine rings is 1. The Balaban J connectivity index is 1.74. The van der Waals surface area contributed by atoms with Crippen molar-refractivity contribution in [2.75, 3.05) is 26.2 Å². The smallest absolute Gasteiger partial charge is 0.410 e. The number of benzene rings is 1. The first-order valence-electron chi connectivity index (χ1n) is 7.47. The van der Waals surface area contributed by atoms with Crippen LogP contribution in [0.3, 0.4) is 0 Å². The summed E-state index contributed by atoms with van der Waals surface area (Å²) in [6.07, 6.45) is -0.187. The Morgan fingerprint density at radius 2 is 1.82 bits per heavy atom. The maximum absolute atomic E-state index is 12.0. The molecule has 1 heterocycles. The molecule has 1 amide bonds. The van der Waals surface area contributed by atoms with Gasteiger partial charge in [0.15, 0.2) is 0 Å². The summed E-state index contributed by atoms with van der Waals surface area (Å²) in [5.41, 5.74) is 0.963. The van der Waals surface area contributed by atoms with E-state index in [1.807, 2.05) is 37.3 Å². The highest BCUT2D eigenvalue weighted by atomic mass is 16.6. The van der Waals surface area contributed by atoms with Crippen molar-refractivity contribution in [2.24, 2.45) is 0 Å². The van der Waals surface area contributed by atoms with Crippen LogP contribution in [-0.4, -0.2) is 59.2 Å². The quantitative estimate of drug-likeness (QED) is 0.898. The zero-order valence-corrected chi connectivity index (χ0v) is 12.8. The minimum Gasteiger partial charge on any atom is -0.481 e. The molecule has 1 N–H and O–H groups in total. The fourth-order valence-corrected chi connectivity index (χ4v) is 2.54. The van der Waals surface area contributed by atoms with E-state index >= 15 is 0 Å². The number of nitrogens with zero attached hydrogens (tertiary/aromatic N) is 2. The van der Waals surface area contributed by atoms with Crippen LogP contribution < -0.4 is 0 Å². The Hall–Kier alpha value is -2.08. The van der Waals surface area contributed by atoms with Gasteiger partial charge in [0.2, 0.25) is 0 Å². The lowest BCUT2D eigenvalue weighted by molar-refractivity contribution is -0.138. The van der Waals surface area contributed by atoms with Gasteiger partial charge in [-0.2, -0.15) is 0 Å². The Bertz CT molecular complexity index is 498. The summed E-state index contributed by atoms with van der Waals surface area (Å²) in [7, 11) is 0. The molecule has 1 atom stereocenters. The number of aliphatic carboxylic acids is 1. The van der Waals surface area contributed by atoms with Crippen LogP contribution in [0.25, 0.3) is 0 Å². The molecule has 22 heavy (non-hydrogen) atoms. The van der Waals surface area contributed by atoms with E-state index in [2.05, 4.69) is 4.90 Å². The lowest BCUT2D eigenvalue weighted by atomic mass is 10.2. The van der Waals surface area contributed by atoms with Gasteiger partial charge in [0.1, 0.15) is 6.61 Å². The zero-order valence-electron chi connectivity index (χ0n) is 12.8. The second-order valence-corrected chi connectivity index (χ2v) is 5.51. The fraction of sp³-hybridized carbons (Fsp3) is 0.500. The average molecular weight is 306 g/mol. The summed E-state index contributed by atoms with van der Waals surface area (Å²) in [6, 6.07) is 9.55. The highest BCUT2D eigenvalue weighted by Gasteiger charge is 2.25. The summed E-state index contributed by atoms with van der Waals surface area (Å²) in [4.78, 5) is 26.5. The molecule has 0 saturated carbocycles.